The van der Waals surface area contributed by atoms with Gasteiger partial charge >= 0.3 is 5.97 Å². The molecule has 5 heteroatoms. The first kappa shape index (κ1) is 16.8. The summed E-state index contributed by atoms with van der Waals surface area (Å²) < 4.78 is 10.5. The van der Waals surface area contributed by atoms with Gasteiger partial charge < -0.3 is 14.4 Å². The molecular weight excluding hydrogens is 278 g/mol. The van der Waals surface area contributed by atoms with E-state index in [4.69, 9.17) is 21.1 Å². The van der Waals surface area contributed by atoms with E-state index in [1.807, 2.05) is 0 Å². The smallest absolute Gasteiger partial charge is 0.344 e. The van der Waals surface area contributed by atoms with Crippen LogP contribution in [0.1, 0.15) is 20.8 Å². The number of halogens is 1. The zero-order valence-electron chi connectivity index (χ0n) is 12.5. The second kappa shape index (κ2) is 7.50. The monoisotopic (exact) mass is 300 g/mol. The lowest BCUT2D eigenvalue weighted by Gasteiger charge is -2.28. The fourth-order valence-electron chi connectivity index (χ4n) is 1.41. The molecule has 1 unspecified atom stereocenters. The van der Waals surface area contributed by atoms with Crippen LogP contribution in [0.5, 0.6) is 5.75 Å². The highest BCUT2D eigenvalue weighted by molar-refractivity contribution is 6.30. The van der Waals surface area contributed by atoms with Gasteiger partial charge in [0, 0.05) is 5.02 Å². The fraction of sp³-hybridized carbons (Fsp3) is 0.533. The molecule has 0 bridgehead atoms. The van der Waals surface area contributed by atoms with Crippen LogP contribution in [0.25, 0.3) is 0 Å². The molecule has 0 amide bonds. The maximum absolute atomic E-state index is 11.5. The number of rotatable bonds is 6. The van der Waals surface area contributed by atoms with Crippen molar-refractivity contribution < 1.29 is 19.2 Å². The number of likely N-dealkylation sites (N-methyl/N-ethyl adjacent to an activating group) is 1. The molecule has 1 atom stereocenters. The highest BCUT2D eigenvalue weighted by Crippen LogP contribution is 2.15. The number of carbonyl (C=O) groups excluding carboxylic acids is 1. The van der Waals surface area contributed by atoms with Gasteiger partial charge in [0.05, 0.1) is 12.6 Å². The summed E-state index contributed by atoms with van der Waals surface area (Å²) in [6, 6.07) is 6.86. The SMILES string of the molecule is C[NH+](CCOC(=O)COc1ccc(Cl)cc1)C(C)(C)C. The Hall–Kier alpha value is -1.26. The topological polar surface area (TPSA) is 40.0 Å². The Morgan fingerprint density at radius 3 is 2.40 bits per heavy atom. The average molecular weight is 301 g/mol. The Labute approximate surface area is 125 Å². The maximum Gasteiger partial charge on any atom is 0.344 e. The van der Waals surface area contributed by atoms with Gasteiger partial charge in [-0.25, -0.2) is 4.79 Å². The summed E-state index contributed by atoms with van der Waals surface area (Å²) in [6.45, 7) is 7.52. The lowest BCUT2D eigenvalue weighted by atomic mass is 10.1. The number of esters is 1. The highest BCUT2D eigenvalue weighted by atomic mass is 35.5. The standard InChI is InChI=1S/C15H22ClNO3/c1-15(2,3)17(4)9-10-19-14(18)11-20-13-7-5-12(16)6-8-13/h5-8H,9-11H2,1-4H3/p+1. The molecular formula is C15H23ClNO3+. The van der Waals surface area contributed by atoms with E-state index in [2.05, 4.69) is 27.8 Å². The van der Waals surface area contributed by atoms with Gasteiger partial charge in [-0.2, -0.15) is 0 Å². The molecule has 0 heterocycles. The van der Waals surface area contributed by atoms with Gasteiger partial charge in [0.2, 0.25) is 0 Å². The van der Waals surface area contributed by atoms with Gasteiger partial charge in [-0.1, -0.05) is 11.6 Å². The van der Waals surface area contributed by atoms with Crippen molar-refractivity contribution >= 4 is 17.6 Å². The number of hydrogen-bond donors (Lipinski definition) is 1. The van der Waals surface area contributed by atoms with Crippen LogP contribution in [0.4, 0.5) is 0 Å². The van der Waals surface area contributed by atoms with Crippen molar-refractivity contribution in [3.05, 3.63) is 29.3 Å². The van der Waals surface area contributed by atoms with E-state index in [-0.39, 0.29) is 18.1 Å². The number of carbonyl (C=O) groups is 1. The van der Waals surface area contributed by atoms with Crippen LogP contribution in [-0.2, 0) is 9.53 Å². The Morgan fingerprint density at radius 1 is 1.25 bits per heavy atom. The molecule has 20 heavy (non-hydrogen) atoms. The lowest BCUT2D eigenvalue weighted by molar-refractivity contribution is -0.927. The summed E-state index contributed by atoms with van der Waals surface area (Å²) in [5.41, 5.74) is 0.145. The van der Waals surface area contributed by atoms with E-state index in [9.17, 15) is 4.79 Å². The van der Waals surface area contributed by atoms with Crippen LogP contribution in [0.15, 0.2) is 24.3 Å². The van der Waals surface area contributed by atoms with E-state index >= 15 is 0 Å². The third-order valence-electron chi connectivity index (χ3n) is 3.19. The zero-order valence-corrected chi connectivity index (χ0v) is 13.3. The quantitative estimate of drug-likeness (QED) is 0.811. The minimum Gasteiger partial charge on any atom is -0.482 e. The maximum atomic E-state index is 11.5. The number of ether oxygens (including phenoxy) is 2. The van der Waals surface area contributed by atoms with Crippen molar-refractivity contribution in [2.75, 3.05) is 26.8 Å². The van der Waals surface area contributed by atoms with E-state index in [1.54, 1.807) is 24.3 Å². The van der Waals surface area contributed by atoms with Gasteiger partial charge in [-0.15, -0.1) is 0 Å². The lowest BCUT2D eigenvalue weighted by Crippen LogP contribution is -3.16. The van der Waals surface area contributed by atoms with Crippen LogP contribution >= 0.6 is 11.6 Å². The first-order valence-corrected chi connectivity index (χ1v) is 7.04. The van der Waals surface area contributed by atoms with Gasteiger partial charge in [0.1, 0.15) is 18.9 Å². The van der Waals surface area contributed by atoms with E-state index in [0.717, 1.165) is 6.54 Å². The first-order chi connectivity index (χ1) is 9.29. The van der Waals surface area contributed by atoms with Crippen molar-refractivity contribution in [1.29, 1.82) is 0 Å². The molecule has 1 rings (SSSR count). The second-order valence-corrected chi connectivity index (χ2v) is 6.18. The number of benzene rings is 1. The molecule has 0 saturated carbocycles. The molecule has 0 aliphatic carbocycles. The summed E-state index contributed by atoms with van der Waals surface area (Å²) in [7, 11) is 2.08. The van der Waals surface area contributed by atoms with Crippen LogP contribution in [0.3, 0.4) is 0 Å². The van der Waals surface area contributed by atoms with Crippen molar-refractivity contribution in [2.45, 2.75) is 26.3 Å². The largest absolute Gasteiger partial charge is 0.482 e. The number of hydrogen-bond acceptors (Lipinski definition) is 3. The molecule has 0 aliphatic rings. The Balaban J connectivity index is 2.22. The van der Waals surface area contributed by atoms with Crippen LogP contribution in [0, 0.1) is 0 Å². The predicted molar refractivity (Wildman–Crippen MR) is 79.4 cm³/mol. The second-order valence-electron chi connectivity index (χ2n) is 5.74. The van der Waals surface area contributed by atoms with E-state index in [1.165, 1.54) is 4.90 Å². The minimum atomic E-state index is -0.360. The molecule has 4 nitrogen and oxygen atoms in total. The van der Waals surface area contributed by atoms with Gasteiger partial charge in [0.15, 0.2) is 6.61 Å². The third kappa shape index (κ3) is 6.26. The Kier molecular flexibility index (Phi) is 6.30. The fourth-order valence-corrected chi connectivity index (χ4v) is 1.53. The predicted octanol–water partition coefficient (Wildman–Crippen LogP) is 1.58. The van der Waals surface area contributed by atoms with Crippen LogP contribution in [-0.4, -0.2) is 38.3 Å². The third-order valence-corrected chi connectivity index (χ3v) is 3.44. The molecule has 0 fully saturated rings. The van der Waals surface area contributed by atoms with Crippen LogP contribution in [0.2, 0.25) is 5.02 Å². The summed E-state index contributed by atoms with van der Waals surface area (Å²) in [5, 5.41) is 0.633. The Morgan fingerprint density at radius 2 is 1.85 bits per heavy atom. The molecule has 1 aromatic carbocycles. The molecule has 0 radical (unpaired) electrons. The minimum absolute atomic E-state index is 0.0871. The van der Waals surface area contributed by atoms with Gasteiger partial charge in [-0.05, 0) is 45.0 Å². The van der Waals surface area contributed by atoms with Crippen molar-refractivity contribution in [3.63, 3.8) is 0 Å². The number of quaternary nitrogens is 1. The molecule has 1 aromatic rings. The average Bonchev–Trinajstić information content (AvgIpc) is 2.37. The van der Waals surface area contributed by atoms with Crippen molar-refractivity contribution in [3.8, 4) is 5.75 Å². The highest BCUT2D eigenvalue weighted by Gasteiger charge is 2.20. The molecule has 0 spiro atoms. The molecule has 1 N–H and O–H groups in total. The summed E-state index contributed by atoms with van der Waals surface area (Å²) in [6.07, 6.45) is 0. The first-order valence-electron chi connectivity index (χ1n) is 6.66. The zero-order chi connectivity index (χ0) is 15.2. The molecule has 112 valence electrons. The summed E-state index contributed by atoms with van der Waals surface area (Å²) in [4.78, 5) is 12.8. The van der Waals surface area contributed by atoms with Crippen LogP contribution < -0.4 is 9.64 Å². The van der Waals surface area contributed by atoms with Crippen molar-refractivity contribution in [1.82, 2.24) is 0 Å². The summed E-state index contributed by atoms with van der Waals surface area (Å²) in [5.74, 6) is 0.241. The number of nitrogens with one attached hydrogen (secondary N) is 1. The van der Waals surface area contributed by atoms with Crippen molar-refractivity contribution in [2.24, 2.45) is 0 Å². The summed E-state index contributed by atoms with van der Waals surface area (Å²) >= 11 is 5.76. The normalized spacial score (nSPS) is 12.8. The van der Waals surface area contributed by atoms with E-state index < -0.39 is 0 Å². The van der Waals surface area contributed by atoms with Gasteiger partial charge in [0.25, 0.3) is 0 Å². The molecule has 0 aromatic heterocycles. The van der Waals surface area contributed by atoms with E-state index in [0.29, 0.717) is 17.4 Å². The van der Waals surface area contributed by atoms with Gasteiger partial charge in [-0.3, -0.25) is 0 Å². The molecule has 0 aliphatic heterocycles. The molecule has 0 saturated heterocycles. The Bertz CT molecular complexity index is 426.